The van der Waals surface area contributed by atoms with Crippen molar-refractivity contribution in [3.8, 4) is 0 Å². The van der Waals surface area contributed by atoms with E-state index in [1.165, 1.54) is 36.5 Å². The minimum atomic E-state index is -0.908. The van der Waals surface area contributed by atoms with E-state index in [1.54, 1.807) is 30.4 Å². The third-order valence-electron chi connectivity index (χ3n) is 7.73. The summed E-state index contributed by atoms with van der Waals surface area (Å²) in [5, 5.41) is 25.3. The maximum Gasteiger partial charge on any atom is 0.404 e. The van der Waals surface area contributed by atoms with Gasteiger partial charge in [0.2, 0.25) is 0 Å². The Morgan fingerprint density at radius 1 is 0.298 bits per heavy atom. The van der Waals surface area contributed by atoms with Crippen molar-refractivity contribution in [3.05, 3.63) is 195 Å². The molecule has 11 amide bonds. The quantitative estimate of drug-likeness (QED) is 0.0249. The fourth-order valence-electron chi connectivity index (χ4n) is 3.48. The lowest BCUT2D eigenvalue weighted by atomic mass is 10.1. The number of amides is 11. The normalized spacial score (nSPS) is 9.35. The number of nitrogens with two attached hydrogens (primary N) is 11. The number of hydrogen-bond acceptors (Lipinski definition) is 25. The van der Waals surface area contributed by atoms with E-state index in [0.29, 0.717) is 63.2 Å². The molecule has 0 aromatic heterocycles. The van der Waals surface area contributed by atoms with E-state index in [0.717, 1.165) is 0 Å². The SMILES string of the molecule is C=C(C=CCO)COC(N)=O.C=C(C=CCOC(N)=O)CO.C=C(C=CCOC(N)=O)COC(N)=O.C=C(C=CCOC(N)=O)COC(N)=O.C=C(CO)C(=C)COC(N)=O.C=C(COC(N)=O)C(=C)COC(N)=O.C=C/C=C/CCOC(N)=O.C=CC(=C)COC(N)=O. The molecule has 0 fully saturated rings. The Morgan fingerprint density at radius 3 is 0.798 bits per heavy atom. The van der Waals surface area contributed by atoms with Crippen molar-refractivity contribution >= 4 is 67.0 Å². The molecule has 0 bridgehead atoms. The summed E-state index contributed by atoms with van der Waals surface area (Å²) in [6.07, 6.45) is 10.4. The number of hydrogen-bond donors (Lipinski definition) is 14. The maximum atomic E-state index is 10.2. The molecule has 0 aromatic carbocycles. The first kappa shape index (κ1) is 97.9. The molecule has 0 heterocycles. The van der Waals surface area contributed by atoms with Crippen LogP contribution in [0.5, 0.6) is 0 Å². The van der Waals surface area contributed by atoms with Crippen LogP contribution >= 0.6 is 0 Å². The van der Waals surface area contributed by atoms with Crippen molar-refractivity contribution in [1.29, 1.82) is 0 Å². The Balaban J connectivity index is -0.000000151. The molecule has 0 aromatic rings. The molecular weight excluding hydrogens is 1250 g/mol. The van der Waals surface area contributed by atoms with Gasteiger partial charge in [0, 0.05) is 0 Å². The number of ether oxygens (including phenoxy) is 11. The molecule has 0 saturated carbocycles. The van der Waals surface area contributed by atoms with Crippen LogP contribution in [0.2, 0.25) is 0 Å². The van der Waals surface area contributed by atoms with Gasteiger partial charge in [0.1, 0.15) is 66.1 Å². The van der Waals surface area contributed by atoms with Crippen molar-refractivity contribution < 1.29 is 120 Å². The Labute approximate surface area is 543 Å². The van der Waals surface area contributed by atoms with Gasteiger partial charge in [0.05, 0.1) is 26.4 Å². The summed E-state index contributed by atoms with van der Waals surface area (Å²) in [4.78, 5) is 111. The molecule has 0 aliphatic carbocycles. The van der Waals surface area contributed by atoms with Crippen LogP contribution in [0.25, 0.3) is 0 Å². The topological polar surface area (TPSA) is 636 Å². The average Bonchev–Trinajstić information content (AvgIpc) is 3.48. The first-order valence-electron chi connectivity index (χ1n) is 25.5. The van der Waals surface area contributed by atoms with E-state index in [9.17, 15) is 52.7 Å². The van der Waals surface area contributed by atoms with Crippen LogP contribution in [0.15, 0.2) is 195 Å². The highest BCUT2D eigenvalue weighted by atomic mass is 16.6. The molecule has 526 valence electrons. The van der Waals surface area contributed by atoms with Crippen LogP contribution < -0.4 is 63.1 Å². The second kappa shape index (κ2) is 69.8. The molecule has 0 spiro atoms. The predicted molar refractivity (Wildman–Crippen MR) is 345 cm³/mol. The van der Waals surface area contributed by atoms with E-state index in [1.807, 2.05) is 6.08 Å². The molecule has 94 heavy (non-hydrogen) atoms. The maximum absolute atomic E-state index is 10.2. The highest BCUT2D eigenvalue weighted by Crippen LogP contribution is 2.06. The molecule has 0 rings (SSSR count). The fourth-order valence-corrected chi connectivity index (χ4v) is 3.48. The fraction of sp³-hybridized carbons (Fsp3) is 0.259. The summed E-state index contributed by atoms with van der Waals surface area (Å²) in [6, 6.07) is 0. The lowest BCUT2D eigenvalue weighted by molar-refractivity contribution is 0.158. The summed E-state index contributed by atoms with van der Waals surface area (Å²) in [5.41, 5.74) is 56.3. The number of carbonyl (C=O) groups excluding carboxylic acids is 11. The molecule has 0 aliphatic heterocycles. The lowest BCUT2D eigenvalue weighted by Gasteiger charge is -2.08. The predicted octanol–water partition coefficient (Wildman–Crippen LogP) is 3.47. The molecule has 0 saturated heterocycles. The van der Waals surface area contributed by atoms with Gasteiger partial charge in [-0.25, -0.2) is 52.7 Å². The molecule has 25 N–H and O–H groups in total. The van der Waals surface area contributed by atoms with Crippen molar-refractivity contribution in [3.63, 3.8) is 0 Å². The summed E-state index contributed by atoms with van der Waals surface area (Å²) >= 11 is 0. The van der Waals surface area contributed by atoms with Gasteiger partial charge in [0.15, 0.2) is 0 Å². The Bertz CT molecular complexity index is 2580. The number of carbonyl (C=O) groups is 11. The second-order valence-electron chi connectivity index (χ2n) is 15.8. The van der Waals surface area contributed by atoms with Crippen LogP contribution in [0, 0.1) is 0 Å². The van der Waals surface area contributed by atoms with Crippen LogP contribution in [0.4, 0.5) is 52.7 Å². The minimum absolute atomic E-state index is 0.00239. The highest BCUT2D eigenvalue weighted by Gasteiger charge is 2.05. The monoisotopic (exact) mass is 1340 g/mol. The van der Waals surface area contributed by atoms with Crippen LogP contribution in [-0.4, -0.2) is 175 Å². The Hall–Kier alpha value is -12.3. The van der Waals surface area contributed by atoms with Gasteiger partial charge in [-0.1, -0.05) is 127 Å². The summed E-state index contributed by atoms with van der Waals surface area (Å²) in [5.74, 6) is 0. The van der Waals surface area contributed by atoms with Crippen molar-refractivity contribution in [2.45, 2.75) is 6.42 Å². The zero-order chi connectivity index (χ0) is 74.4. The third-order valence-corrected chi connectivity index (χ3v) is 7.73. The summed E-state index contributed by atoms with van der Waals surface area (Å²) in [6.45, 7) is 38.7. The number of aliphatic hydroxyl groups excluding tert-OH is 3. The molecule has 36 nitrogen and oxygen atoms in total. The van der Waals surface area contributed by atoms with Gasteiger partial charge in [0.25, 0.3) is 0 Å². The second-order valence-corrected chi connectivity index (χ2v) is 15.8. The van der Waals surface area contributed by atoms with E-state index in [4.69, 9.17) is 61.2 Å². The molecule has 0 atom stereocenters. The number of rotatable bonds is 34. The Kier molecular flexibility index (Phi) is 72.7. The van der Waals surface area contributed by atoms with Gasteiger partial charge in [-0.2, -0.15) is 0 Å². The Morgan fingerprint density at radius 2 is 0.553 bits per heavy atom. The van der Waals surface area contributed by atoms with Gasteiger partial charge in [-0.15, -0.1) is 0 Å². The summed E-state index contributed by atoms with van der Waals surface area (Å²) in [7, 11) is 0. The van der Waals surface area contributed by atoms with Crippen molar-refractivity contribution in [2.75, 3.05) is 92.5 Å². The number of allylic oxidation sites excluding steroid dienone is 2. The molecular formula is C58H89N11O25. The molecule has 36 heteroatoms. The molecule has 0 aliphatic rings. The van der Waals surface area contributed by atoms with Gasteiger partial charge in [-0.3, -0.25) is 0 Å². The average molecular weight is 1340 g/mol. The van der Waals surface area contributed by atoms with Crippen molar-refractivity contribution in [1.82, 2.24) is 0 Å². The van der Waals surface area contributed by atoms with Crippen LogP contribution in [0.1, 0.15) is 6.42 Å². The minimum Gasteiger partial charge on any atom is -0.449 e. The van der Waals surface area contributed by atoms with Gasteiger partial charge in [-0.05, 0) is 74.8 Å². The van der Waals surface area contributed by atoms with E-state index in [-0.39, 0.29) is 85.9 Å². The summed E-state index contributed by atoms with van der Waals surface area (Å²) < 4.78 is 48.5. The first-order chi connectivity index (χ1) is 43.8. The molecule has 0 unspecified atom stereocenters. The zero-order valence-electron chi connectivity index (χ0n) is 52.0. The number of aliphatic hydroxyl groups is 3. The first-order valence-corrected chi connectivity index (χ1v) is 25.5. The van der Waals surface area contributed by atoms with E-state index >= 15 is 0 Å². The van der Waals surface area contributed by atoms with Gasteiger partial charge >= 0.3 is 67.0 Å². The van der Waals surface area contributed by atoms with Crippen LogP contribution in [0.3, 0.4) is 0 Å². The lowest BCUT2D eigenvalue weighted by Crippen LogP contribution is -2.18. The largest absolute Gasteiger partial charge is 0.449 e. The standard InChI is InChI=1S/3C8H12N2O4.3C7H11NO3.C7H11NO2.C6H9NO2/c1-5(3-13-7(9)11)6(2)4-14-8(10)12;2*1-6(5-14-8(10)12)3-2-4-13-7(9)11;1-5(3-9)6(2)4-11-7(8)10;1-6(5-9)3-2-4-11-7(8)10;1-6(3-2-4-9)5-11-7(8)10;1-2-3-4-5-6-10-7(8)9;1-3-5(2)4-9-6(7)8/h1-4H2,(H2,9,11)(H2,10,12);2*2-3H,1,4-5H2,(H2,9,11)(H2,10,12);9H,1-4H2,(H2,8,10);2*2-3,9H,1,4-5H2,(H2,8,10);2-4H,1,5-6H2,(H2,8,9);3H,1-2,4H2,(H2,7,8)/b;;;;;;4-3+;. The zero-order valence-corrected chi connectivity index (χ0v) is 52.0. The van der Waals surface area contributed by atoms with E-state index < -0.39 is 67.0 Å². The smallest absolute Gasteiger partial charge is 0.404 e. The van der Waals surface area contributed by atoms with Crippen LogP contribution in [-0.2, 0) is 52.1 Å². The van der Waals surface area contributed by atoms with E-state index in [2.05, 4.69) is 142 Å². The third kappa shape index (κ3) is 105. The van der Waals surface area contributed by atoms with Crippen molar-refractivity contribution in [2.24, 2.45) is 63.1 Å². The number of primary amides is 11. The van der Waals surface area contributed by atoms with Gasteiger partial charge < -0.3 is 130 Å². The highest BCUT2D eigenvalue weighted by molar-refractivity contribution is 5.68. The molecule has 0 radical (unpaired) electrons.